The van der Waals surface area contributed by atoms with Crippen molar-refractivity contribution in [2.75, 3.05) is 20.8 Å². The average molecular weight is 357 g/mol. The van der Waals surface area contributed by atoms with Crippen LogP contribution >= 0.6 is 15.9 Å². The van der Waals surface area contributed by atoms with Gasteiger partial charge in [-0.25, -0.2) is 0 Å². The van der Waals surface area contributed by atoms with Gasteiger partial charge in [0.05, 0.1) is 20.8 Å². The normalized spacial score (nSPS) is 13.5. The molecule has 0 heterocycles. The second kappa shape index (κ2) is 6.80. The molecular formula is C14H17BrN2O4. The maximum atomic E-state index is 12.1. The molecule has 1 aliphatic rings. The topological polar surface area (TPSA) is 76.7 Å². The molecule has 1 aliphatic carbocycles. The molecule has 1 fully saturated rings. The first-order valence-corrected chi connectivity index (χ1v) is 7.33. The van der Waals surface area contributed by atoms with Crippen LogP contribution in [0.2, 0.25) is 0 Å². The zero-order valence-electron chi connectivity index (χ0n) is 11.9. The highest BCUT2D eigenvalue weighted by molar-refractivity contribution is 9.10. The van der Waals surface area contributed by atoms with Gasteiger partial charge in [-0.2, -0.15) is 0 Å². The van der Waals surface area contributed by atoms with Crippen LogP contribution in [-0.2, 0) is 4.79 Å². The fourth-order valence-corrected chi connectivity index (χ4v) is 2.32. The standard InChI is InChI=1S/C14H17BrN2O4/c1-20-10-5-8(6-11(21-2)13(10)15)14(19)16-7-12(18)17-9-3-4-9/h5-6,9H,3-4,7H2,1-2H3,(H,16,19)(H,17,18). The number of hydrogen-bond donors (Lipinski definition) is 2. The van der Waals surface area contributed by atoms with Gasteiger partial charge in [0, 0.05) is 11.6 Å². The summed E-state index contributed by atoms with van der Waals surface area (Å²) in [6, 6.07) is 3.45. The summed E-state index contributed by atoms with van der Waals surface area (Å²) < 4.78 is 11.0. The minimum atomic E-state index is -0.356. The van der Waals surface area contributed by atoms with Crippen molar-refractivity contribution in [1.29, 1.82) is 0 Å². The van der Waals surface area contributed by atoms with Gasteiger partial charge in [0.25, 0.3) is 5.91 Å². The number of hydrogen-bond acceptors (Lipinski definition) is 4. The Morgan fingerprint density at radius 3 is 2.29 bits per heavy atom. The van der Waals surface area contributed by atoms with Gasteiger partial charge < -0.3 is 20.1 Å². The molecule has 0 spiro atoms. The maximum Gasteiger partial charge on any atom is 0.251 e. The van der Waals surface area contributed by atoms with E-state index in [1.54, 1.807) is 12.1 Å². The van der Waals surface area contributed by atoms with E-state index in [1.807, 2.05) is 0 Å². The molecular weight excluding hydrogens is 340 g/mol. The summed E-state index contributed by atoms with van der Waals surface area (Å²) in [5.41, 5.74) is 0.367. The van der Waals surface area contributed by atoms with E-state index in [0.29, 0.717) is 21.5 Å². The quantitative estimate of drug-likeness (QED) is 0.809. The van der Waals surface area contributed by atoms with Gasteiger partial charge >= 0.3 is 0 Å². The van der Waals surface area contributed by atoms with E-state index in [0.717, 1.165) is 12.8 Å². The highest BCUT2D eigenvalue weighted by Crippen LogP contribution is 2.35. The molecule has 0 saturated heterocycles. The van der Waals surface area contributed by atoms with Crippen LogP contribution in [0.15, 0.2) is 16.6 Å². The van der Waals surface area contributed by atoms with Crippen LogP contribution < -0.4 is 20.1 Å². The highest BCUT2D eigenvalue weighted by Gasteiger charge is 2.23. The molecule has 2 N–H and O–H groups in total. The van der Waals surface area contributed by atoms with Crippen molar-refractivity contribution in [3.05, 3.63) is 22.2 Å². The lowest BCUT2D eigenvalue weighted by Gasteiger charge is -2.11. The summed E-state index contributed by atoms with van der Waals surface area (Å²) in [6.07, 6.45) is 2.03. The predicted molar refractivity (Wildman–Crippen MR) is 80.7 cm³/mol. The second-order valence-corrected chi connectivity index (χ2v) is 5.51. The first kappa shape index (κ1) is 15.6. The number of halogens is 1. The van der Waals surface area contributed by atoms with E-state index in [4.69, 9.17) is 9.47 Å². The van der Waals surface area contributed by atoms with E-state index in [1.165, 1.54) is 14.2 Å². The zero-order chi connectivity index (χ0) is 15.4. The molecule has 114 valence electrons. The first-order chi connectivity index (χ1) is 10.0. The van der Waals surface area contributed by atoms with Gasteiger partial charge in [-0.1, -0.05) is 0 Å². The van der Waals surface area contributed by atoms with Gasteiger partial charge in [-0.15, -0.1) is 0 Å². The van der Waals surface area contributed by atoms with Crippen LogP contribution in [0.25, 0.3) is 0 Å². The van der Waals surface area contributed by atoms with Crippen molar-refractivity contribution < 1.29 is 19.1 Å². The minimum absolute atomic E-state index is 0.0456. The minimum Gasteiger partial charge on any atom is -0.495 e. The molecule has 2 amide bonds. The van der Waals surface area contributed by atoms with Crippen LogP contribution in [-0.4, -0.2) is 38.6 Å². The Morgan fingerprint density at radius 2 is 1.81 bits per heavy atom. The van der Waals surface area contributed by atoms with Crippen molar-refractivity contribution in [2.45, 2.75) is 18.9 Å². The summed E-state index contributed by atoms with van der Waals surface area (Å²) in [4.78, 5) is 23.6. The van der Waals surface area contributed by atoms with Crippen LogP contribution in [0.3, 0.4) is 0 Å². The molecule has 0 aromatic heterocycles. The smallest absolute Gasteiger partial charge is 0.251 e. The third kappa shape index (κ3) is 4.10. The van der Waals surface area contributed by atoms with Crippen molar-refractivity contribution in [2.24, 2.45) is 0 Å². The van der Waals surface area contributed by atoms with Gasteiger partial charge in [0.2, 0.25) is 5.91 Å². The summed E-state index contributed by atoms with van der Waals surface area (Å²) in [5.74, 6) is 0.441. The zero-order valence-corrected chi connectivity index (χ0v) is 13.5. The lowest BCUT2D eigenvalue weighted by molar-refractivity contribution is -0.120. The van der Waals surface area contributed by atoms with E-state index >= 15 is 0 Å². The average Bonchev–Trinajstić information content (AvgIpc) is 3.28. The number of methoxy groups -OCH3 is 2. The fraction of sp³-hybridized carbons (Fsp3) is 0.429. The number of carbonyl (C=O) groups is 2. The number of benzene rings is 1. The van der Waals surface area contributed by atoms with Crippen LogP contribution in [0.5, 0.6) is 11.5 Å². The third-order valence-electron chi connectivity index (χ3n) is 3.06. The molecule has 0 unspecified atom stereocenters. The number of amides is 2. The lowest BCUT2D eigenvalue weighted by atomic mass is 10.2. The van der Waals surface area contributed by atoms with Crippen LogP contribution in [0.4, 0.5) is 0 Å². The van der Waals surface area contributed by atoms with E-state index < -0.39 is 0 Å². The SMILES string of the molecule is COc1cc(C(=O)NCC(=O)NC2CC2)cc(OC)c1Br. The van der Waals surface area contributed by atoms with Crippen molar-refractivity contribution in [3.8, 4) is 11.5 Å². The molecule has 2 rings (SSSR count). The molecule has 7 heteroatoms. The highest BCUT2D eigenvalue weighted by atomic mass is 79.9. The van der Waals surface area contributed by atoms with Gasteiger partial charge in [0.1, 0.15) is 16.0 Å². The van der Waals surface area contributed by atoms with Gasteiger partial charge in [0.15, 0.2) is 0 Å². The molecule has 1 aromatic carbocycles. The summed E-state index contributed by atoms with van der Waals surface area (Å²) >= 11 is 3.34. The van der Waals surface area contributed by atoms with Gasteiger partial charge in [-0.3, -0.25) is 9.59 Å². The Balaban J connectivity index is 2.02. The van der Waals surface area contributed by atoms with Crippen molar-refractivity contribution in [3.63, 3.8) is 0 Å². The number of carbonyl (C=O) groups excluding carboxylic acids is 2. The van der Waals surface area contributed by atoms with Crippen molar-refractivity contribution >= 4 is 27.7 Å². The molecule has 1 aromatic rings. The number of nitrogens with one attached hydrogen (secondary N) is 2. The maximum absolute atomic E-state index is 12.1. The largest absolute Gasteiger partial charge is 0.495 e. The Kier molecular flexibility index (Phi) is 5.06. The Bertz CT molecular complexity index is 533. The number of ether oxygens (including phenoxy) is 2. The van der Waals surface area contributed by atoms with E-state index in [-0.39, 0.29) is 24.4 Å². The molecule has 6 nitrogen and oxygen atoms in total. The van der Waals surface area contributed by atoms with E-state index in [9.17, 15) is 9.59 Å². The first-order valence-electron chi connectivity index (χ1n) is 6.54. The fourth-order valence-electron chi connectivity index (χ4n) is 1.77. The van der Waals surface area contributed by atoms with Crippen LogP contribution in [0, 0.1) is 0 Å². The summed E-state index contributed by atoms with van der Waals surface area (Å²) in [6.45, 7) is -0.0456. The molecule has 0 aliphatic heterocycles. The summed E-state index contributed by atoms with van der Waals surface area (Å²) in [5, 5.41) is 5.38. The Morgan fingerprint density at radius 1 is 1.24 bits per heavy atom. The van der Waals surface area contributed by atoms with Gasteiger partial charge in [-0.05, 0) is 40.9 Å². The molecule has 1 saturated carbocycles. The third-order valence-corrected chi connectivity index (χ3v) is 3.84. The Hall–Kier alpha value is -1.76. The molecule has 21 heavy (non-hydrogen) atoms. The van der Waals surface area contributed by atoms with Crippen molar-refractivity contribution in [1.82, 2.24) is 10.6 Å². The molecule has 0 bridgehead atoms. The van der Waals surface area contributed by atoms with Crippen LogP contribution in [0.1, 0.15) is 23.2 Å². The Labute approximate surface area is 131 Å². The molecule has 0 radical (unpaired) electrons. The number of rotatable bonds is 6. The van der Waals surface area contributed by atoms with E-state index in [2.05, 4.69) is 26.6 Å². The monoisotopic (exact) mass is 356 g/mol. The summed E-state index contributed by atoms with van der Waals surface area (Å²) in [7, 11) is 3.01. The lowest BCUT2D eigenvalue weighted by Crippen LogP contribution is -2.37. The predicted octanol–water partition coefficient (Wildman–Crippen LogP) is 1.47. The second-order valence-electron chi connectivity index (χ2n) is 4.72. The molecule has 0 atom stereocenters.